The number of hydrogen-bond donors (Lipinski definition) is 1. The van der Waals surface area contributed by atoms with Gasteiger partial charge in [0.05, 0.1) is 13.7 Å². The molecule has 1 aliphatic rings. The van der Waals surface area contributed by atoms with Gasteiger partial charge in [0.2, 0.25) is 0 Å². The van der Waals surface area contributed by atoms with Crippen LogP contribution in [0.15, 0.2) is 18.2 Å². The van der Waals surface area contributed by atoms with Crippen molar-refractivity contribution in [2.45, 2.75) is 38.6 Å². The van der Waals surface area contributed by atoms with Gasteiger partial charge in [-0.3, -0.25) is 4.79 Å². The highest BCUT2D eigenvalue weighted by atomic mass is 16.5. The third-order valence-corrected chi connectivity index (χ3v) is 3.69. The Morgan fingerprint density at radius 3 is 3.05 bits per heavy atom. The first-order valence-electron chi connectivity index (χ1n) is 7.31. The second kappa shape index (κ2) is 7.29. The van der Waals surface area contributed by atoms with Gasteiger partial charge in [-0.25, -0.2) is 0 Å². The number of rotatable bonds is 7. The molecule has 1 aromatic rings. The molecule has 4 heteroatoms. The Morgan fingerprint density at radius 1 is 1.45 bits per heavy atom. The van der Waals surface area contributed by atoms with Crippen LogP contribution >= 0.6 is 0 Å². The summed E-state index contributed by atoms with van der Waals surface area (Å²) in [4.78, 5) is 11.0. The van der Waals surface area contributed by atoms with E-state index in [-0.39, 0.29) is 5.97 Å². The molecular weight excluding hydrogens is 254 g/mol. The SMILES string of the molecule is CCNC1CCc2c(OCCCC(=O)OC)cccc21. The first kappa shape index (κ1) is 14.9. The van der Waals surface area contributed by atoms with Crippen molar-refractivity contribution in [1.82, 2.24) is 5.32 Å². The van der Waals surface area contributed by atoms with Gasteiger partial charge >= 0.3 is 5.97 Å². The van der Waals surface area contributed by atoms with E-state index in [1.165, 1.54) is 18.2 Å². The summed E-state index contributed by atoms with van der Waals surface area (Å²) in [6.07, 6.45) is 3.28. The van der Waals surface area contributed by atoms with Crippen LogP contribution in [0.25, 0.3) is 0 Å². The van der Waals surface area contributed by atoms with Crippen molar-refractivity contribution in [2.24, 2.45) is 0 Å². The number of esters is 1. The Kier molecular flexibility index (Phi) is 5.41. The lowest BCUT2D eigenvalue weighted by Gasteiger charge is -2.14. The molecular formula is C16H23NO3. The van der Waals surface area contributed by atoms with Gasteiger partial charge in [-0.1, -0.05) is 19.1 Å². The zero-order valence-corrected chi connectivity index (χ0v) is 12.3. The third kappa shape index (κ3) is 3.51. The van der Waals surface area contributed by atoms with Gasteiger partial charge < -0.3 is 14.8 Å². The van der Waals surface area contributed by atoms with E-state index >= 15 is 0 Å². The number of hydrogen-bond acceptors (Lipinski definition) is 4. The second-order valence-corrected chi connectivity index (χ2v) is 5.00. The zero-order chi connectivity index (χ0) is 14.4. The molecule has 1 aromatic carbocycles. The summed E-state index contributed by atoms with van der Waals surface area (Å²) in [6, 6.07) is 6.69. The standard InChI is InChI=1S/C16H23NO3/c1-3-17-14-10-9-13-12(14)6-4-7-15(13)20-11-5-8-16(18)19-2/h4,6-7,14,17H,3,5,8-11H2,1-2H3. The van der Waals surface area contributed by atoms with Crippen molar-refractivity contribution in [3.05, 3.63) is 29.3 Å². The lowest BCUT2D eigenvalue weighted by Crippen LogP contribution is -2.18. The van der Waals surface area contributed by atoms with Gasteiger partial charge in [-0.05, 0) is 43.0 Å². The largest absolute Gasteiger partial charge is 0.493 e. The molecule has 0 bridgehead atoms. The van der Waals surface area contributed by atoms with E-state index in [0.29, 0.717) is 25.5 Å². The first-order chi connectivity index (χ1) is 9.76. The van der Waals surface area contributed by atoms with Gasteiger partial charge in [-0.2, -0.15) is 0 Å². The van der Waals surface area contributed by atoms with Crippen LogP contribution in [0.4, 0.5) is 0 Å². The molecule has 0 heterocycles. The molecule has 110 valence electrons. The molecule has 1 aliphatic carbocycles. The van der Waals surface area contributed by atoms with Gasteiger partial charge in [0.15, 0.2) is 0 Å². The average Bonchev–Trinajstić information content (AvgIpc) is 2.88. The average molecular weight is 277 g/mol. The van der Waals surface area contributed by atoms with Crippen molar-refractivity contribution in [3.8, 4) is 5.75 Å². The maximum Gasteiger partial charge on any atom is 0.305 e. The molecule has 2 rings (SSSR count). The smallest absolute Gasteiger partial charge is 0.305 e. The van der Waals surface area contributed by atoms with Crippen molar-refractivity contribution in [1.29, 1.82) is 0 Å². The molecule has 0 aromatic heterocycles. The van der Waals surface area contributed by atoms with Gasteiger partial charge in [0.25, 0.3) is 0 Å². The second-order valence-electron chi connectivity index (χ2n) is 5.00. The molecule has 1 N–H and O–H groups in total. The topological polar surface area (TPSA) is 47.6 Å². The Morgan fingerprint density at radius 2 is 2.30 bits per heavy atom. The Labute approximate surface area is 120 Å². The monoisotopic (exact) mass is 277 g/mol. The van der Waals surface area contributed by atoms with Crippen LogP contribution < -0.4 is 10.1 Å². The van der Waals surface area contributed by atoms with E-state index in [2.05, 4.69) is 23.0 Å². The van der Waals surface area contributed by atoms with E-state index in [4.69, 9.17) is 4.74 Å². The molecule has 0 aliphatic heterocycles. The number of nitrogens with one attached hydrogen (secondary N) is 1. The lowest BCUT2D eigenvalue weighted by atomic mass is 10.1. The van der Waals surface area contributed by atoms with Gasteiger partial charge in [0, 0.05) is 12.5 Å². The van der Waals surface area contributed by atoms with Crippen LogP contribution in [-0.2, 0) is 16.0 Å². The van der Waals surface area contributed by atoms with Crippen molar-refractivity contribution in [3.63, 3.8) is 0 Å². The van der Waals surface area contributed by atoms with Crippen molar-refractivity contribution in [2.75, 3.05) is 20.3 Å². The fourth-order valence-corrected chi connectivity index (χ4v) is 2.72. The predicted molar refractivity (Wildman–Crippen MR) is 77.9 cm³/mol. The summed E-state index contributed by atoms with van der Waals surface area (Å²) >= 11 is 0. The molecule has 0 radical (unpaired) electrons. The first-order valence-corrected chi connectivity index (χ1v) is 7.31. The number of benzene rings is 1. The fraction of sp³-hybridized carbons (Fsp3) is 0.562. The lowest BCUT2D eigenvalue weighted by molar-refractivity contribution is -0.140. The molecule has 0 saturated carbocycles. The van der Waals surface area contributed by atoms with E-state index < -0.39 is 0 Å². The van der Waals surface area contributed by atoms with Crippen molar-refractivity contribution >= 4 is 5.97 Å². The molecule has 1 atom stereocenters. The Hall–Kier alpha value is -1.55. The summed E-state index contributed by atoms with van der Waals surface area (Å²) < 4.78 is 10.4. The number of ether oxygens (including phenoxy) is 2. The number of methoxy groups -OCH3 is 1. The molecule has 20 heavy (non-hydrogen) atoms. The highest BCUT2D eigenvalue weighted by molar-refractivity contribution is 5.69. The molecule has 4 nitrogen and oxygen atoms in total. The number of carbonyl (C=O) groups excluding carboxylic acids is 1. The van der Waals surface area contributed by atoms with Gasteiger partial charge in [-0.15, -0.1) is 0 Å². The molecule has 0 amide bonds. The van der Waals surface area contributed by atoms with E-state index in [9.17, 15) is 4.79 Å². The summed E-state index contributed by atoms with van der Waals surface area (Å²) in [5.41, 5.74) is 2.67. The van der Waals surface area contributed by atoms with Crippen LogP contribution in [0.5, 0.6) is 5.75 Å². The van der Waals surface area contributed by atoms with E-state index in [1.807, 2.05) is 12.1 Å². The predicted octanol–water partition coefficient (Wildman–Crippen LogP) is 2.62. The normalized spacial score (nSPS) is 16.8. The highest BCUT2D eigenvalue weighted by Gasteiger charge is 2.24. The minimum absolute atomic E-state index is 0.181. The number of carbonyl (C=O) groups is 1. The highest BCUT2D eigenvalue weighted by Crippen LogP contribution is 2.36. The number of fused-ring (bicyclic) bond motifs is 1. The summed E-state index contributed by atoms with van der Waals surface area (Å²) in [5.74, 6) is 0.784. The van der Waals surface area contributed by atoms with Crippen molar-refractivity contribution < 1.29 is 14.3 Å². The summed E-state index contributed by atoms with van der Waals surface area (Å²) in [6.45, 7) is 3.66. The Balaban J connectivity index is 1.92. The van der Waals surface area contributed by atoms with Crippen LogP contribution in [0, 0.1) is 0 Å². The fourth-order valence-electron chi connectivity index (χ4n) is 2.72. The molecule has 0 saturated heterocycles. The molecule has 0 spiro atoms. The quantitative estimate of drug-likeness (QED) is 0.615. The summed E-state index contributed by atoms with van der Waals surface area (Å²) in [5, 5.41) is 3.50. The van der Waals surface area contributed by atoms with Gasteiger partial charge in [0.1, 0.15) is 5.75 Å². The minimum Gasteiger partial charge on any atom is -0.493 e. The maximum absolute atomic E-state index is 11.0. The van der Waals surface area contributed by atoms with E-state index in [0.717, 1.165) is 25.1 Å². The van der Waals surface area contributed by atoms with Crippen LogP contribution in [0.2, 0.25) is 0 Å². The van der Waals surface area contributed by atoms with Crippen LogP contribution in [0.1, 0.15) is 43.4 Å². The summed E-state index contributed by atoms with van der Waals surface area (Å²) in [7, 11) is 1.41. The Bertz CT molecular complexity index is 459. The van der Waals surface area contributed by atoms with E-state index in [1.54, 1.807) is 0 Å². The van der Waals surface area contributed by atoms with Crippen LogP contribution in [0.3, 0.4) is 0 Å². The molecule has 0 fully saturated rings. The minimum atomic E-state index is -0.181. The third-order valence-electron chi connectivity index (χ3n) is 3.69. The molecule has 1 unspecified atom stereocenters. The van der Waals surface area contributed by atoms with Crippen LogP contribution in [-0.4, -0.2) is 26.2 Å². The zero-order valence-electron chi connectivity index (χ0n) is 12.3. The maximum atomic E-state index is 11.0.